The summed E-state index contributed by atoms with van der Waals surface area (Å²) in [5.41, 5.74) is 1.42. The number of benzene rings is 1. The molecule has 1 aromatic rings. The van der Waals surface area contributed by atoms with Crippen LogP contribution in [0.2, 0.25) is 0 Å². The predicted octanol–water partition coefficient (Wildman–Crippen LogP) is 1.14. The minimum absolute atomic E-state index is 0.0676. The van der Waals surface area contributed by atoms with Crippen LogP contribution in [0.4, 0.5) is 0 Å². The van der Waals surface area contributed by atoms with Gasteiger partial charge in [0.05, 0.1) is 13.7 Å². The quantitative estimate of drug-likeness (QED) is 0.766. The zero-order chi connectivity index (χ0) is 16.5. The van der Waals surface area contributed by atoms with Gasteiger partial charge in [0.2, 0.25) is 5.91 Å². The van der Waals surface area contributed by atoms with E-state index in [0.717, 1.165) is 5.56 Å². The lowest BCUT2D eigenvalue weighted by Crippen LogP contribution is -2.38. The molecule has 0 bridgehead atoms. The van der Waals surface area contributed by atoms with Crippen molar-refractivity contribution in [1.82, 2.24) is 10.2 Å². The van der Waals surface area contributed by atoms with Gasteiger partial charge in [-0.3, -0.25) is 14.4 Å². The monoisotopic (exact) mass is 306 g/mol. The number of carbonyl (C=O) groups excluding carboxylic acids is 3. The van der Waals surface area contributed by atoms with Gasteiger partial charge < -0.3 is 15.0 Å². The first kappa shape index (κ1) is 17.7. The number of amides is 2. The molecule has 1 N–H and O–H groups in total. The standard InChI is InChI=1S/C16H22N2O4/c1-12-7-4-5-8-13(12)16(21)17-11-14(19)18(2)10-6-9-15(20)22-3/h4-5,7-8H,6,9-11H2,1-3H3,(H,17,21). The molecule has 22 heavy (non-hydrogen) atoms. The van der Waals surface area contributed by atoms with Crippen LogP contribution in [0.5, 0.6) is 0 Å². The minimum atomic E-state index is -0.297. The van der Waals surface area contributed by atoms with E-state index in [1.165, 1.54) is 12.0 Å². The van der Waals surface area contributed by atoms with Gasteiger partial charge in [-0.05, 0) is 25.0 Å². The van der Waals surface area contributed by atoms with Gasteiger partial charge in [-0.2, -0.15) is 0 Å². The van der Waals surface area contributed by atoms with Crippen molar-refractivity contribution in [1.29, 1.82) is 0 Å². The lowest BCUT2D eigenvalue weighted by molar-refractivity contribution is -0.141. The number of nitrogens with zero attached hydrogens (tertiary/aromatic N) is 1. The van der Waals surface area contributed by atoms with Gasteiger partial charge in [0, 0.05) is 25.6 Å². The van der Waals surface area contributed by atoms with Crippen LogP contribution in [-0.2, 0) is 14.3 Å². The molecule has 6 heteroatoms. The number of methoxy groups -OCH3 is 1. The van der Waals surface area contributed by atoms with E-state index in [2.05, 4.69) is 10.1 Å². The summed E-state index contributed by atoms with van der Waals surface area (Å²) in [7, 11) is 2.97. The van der Waals surface area contributed by atoms with E-state index in [1.54, 1.807) is 19.2 Å². The fraction of sp³-hybridized carbons (Fsp3) is 0.438. The number of hydrogen-bond donors (Lipinski definition) is 1. The van der Waals surface area contributed by atoms with Crippen LogP contribution < -0.4 is 5.32 Å². The third kappa shape index (κ3) is 5.55. The molecule has 0 aromatic heterocycles. The maximum atomic E-state index is 12.0. The molecular weight excluding hydrogens is 284 g/mol. The Morgan fingerprint density at radius 2 is 1.91 bits per heavy atom. The average Bonchev–Trinajstić information content (AvgIpc) is 2.52. The third-order valence-electron chi connectivity index (χ3n) is 3.32. The molecule has 1 aromatic carbocycles. The van der Waals surface area contributed by atoms with E-state index < -0.39 is 0 Å². The van der Waals surface area contributed by atoms with Crippen LogP contribution in [-0.4, -0.2) is 49.9 Å². The second kappa shape index (κ2) is 8.81. The largest absolute Gasteiger partial charge is 0.469 e. The SMILES string of the molecule is COC(=O)CCCN(C)C(=O)CNC(=O)c1ccccc1C. The predicted molar refractivity (Wildman–Crippen MR) is 82.4 cm³/mol. The van der Waals surface area contributed by atoms with Crippen LogP contribution in [0.3, 0.4) is 0 Å². The Bertz CT molecular complexity index is 543. The fourth-order valence-corrected chi connectivity index (χ4v) is 1.90. The molecule has 6 nitrogen and oxygen atoms in total. The van der Waals surface area contributed by atoms with E-state index in [1.807, 2.05) is 19.1 Å². The summed E-state index contributed by atoms with van der Waals surface area (Å²) in [6.45, 7) is 2.21. The van der Waals surface area contributed by atoms with Crippen LogP contribution in [0.15, 0.2) is 24.3 Å². The second-order valence-corrected chi connectivity index (χ2v) is 4.99. The Morgan fingerprint density at radius 1 is 1.23 bits per heavy atom. The van der Waals surface area contributed by atoms with E-state index in [4.69, 9.17) is 0 Å². The molecule has 0 spiro atoms. The topological polar surface area (TPSA) is 75.7 Å². The second-order valence-electron chi connectivity index (χ2n) is 4.99. The molecule has 0 unspecified atom stereocenters. The Morgan fingerprint density at radius 3 is 2.55 bits per heavy atom. The summed E-state index contributed by atoms with van der Waals surface area (Å²) in [6, 6.07) is 7.19. The van der Waals surface area contributed by atoms with Crippen molar-refractivity contribution in [3.8, 4) is 0 Å². The molecule has 0 atom stereocenters. The lowest BCUT2D eigenvalue weighted by Gasteiger charge is -2.17. The number of rotatable bonds is 7. The normalized spacial score (nSPS) is 9.95. The number of nitrogens with one attached hydrogen (secondary N) is 1. The van der Waals surface area contributed by atoms with Crippen molar-refractivity contribution in [3.05, 3.63) is 35.4 Å². The highest BCUT2D eigenvalue weighted by atomic mass is 16.5. The van der Waals surface area contributed by atoms with Gasteiger partial charge >= 0.3 is 5.97 Å². The van der Waals surface area contributed by atoms with Gasteiger partial charge in [0.25, 0.3) is 5.91 Å². The smallest absolute Gasteiger partial charge is 0.305 e. The first-order valence-electron chi connectivity index (χ1n) is 7.10. The van der Waals surface area contributed by atoms with Gasteiger partial charge in [-0.15, -0.1) is 0 Å². The molecule has 0 aliphatic carbocycles. The molecule has 0 aliphatic heterocycles. The summed E-state index contributed by atoms with van der Waals surface area (Å²) < 4.78 is 4.53. The van der Waals surface area contributed by atoms with E-state index in [0.29, 0.717) is 18.5 Å². The number of hydrogen-bond acceptors (Lipinski definition) is 4. The first-order valence-corrected chi connectivity index (χ1v) is 7.10. The first-order chi connectivity index (χ1) is 10.5. The van der Waals surface area contributed by atoms with Crippen LogP contribution in [0.25, 0.3) is 0 Å². The van der Waals surface area contributed by atoms with Crippen molar-refractivity contribution in [2.75, 3.05) is 27.2 Å². The van der Waals surface area contributed by atoms with Crippen molar-refractivity contribution in [2.24, 2.45) is 0 Å². The van der Waals surface area contributed by atoms with Crippen molar-refractivity contribution >= 4 is 17.8 Å². The highest BCUT2D eigenvalue weighted by Crippen LogP contribution is 2.06. The highest BCUT2D eigenvalue weighted by Gasteiger charge is 2.13. The summed E-state index contributed by atoms with van der Waals surface area (Å²) in [6.07, 6.45) is 0.796. The number of carbonyl (C=O) groups is 3. The number of aryl methyl sites for hydroxylation is 1. The zero-order valence-electron chi connectivity index (χ0n) is 13.2. The molecule has 0 fully saturated rings. The van der Waals surface area contributed by atoms with Gasteiger partial charge in [0.1, 0.15) is 0 Å². The number of ether oxygens (including phenoxy) is 1. The Balaban J connectivity index is 2.37. The zero-order valence-corrected chi connectivity index (χ0v) is 13.2. The van der Waals surface area contributed by atoms with Crippen LogP contribution in [0, 0.1) is 6.92 Å². The van der Waals surface area contributed by atoms with Gasteiger partial charge in [-0.25, -0.2) is 0 Å². The molecule has 0 heterocycles. The molecule has 0 radical (unpaired) electrons. The molecule has 1 rings (SSSR count). The summed E-state index contributed by atoms with van der Waals surface area (Å²) in [5.74, 6) is -0.769. The number of esters is 1. The Labute approximate surface area is 130 Å². The summed E-state index contributed by atoms with van der Waals surface area (Å²) >= 11 is 0. The van der Waals surface area contributed by atoms with Crippen molar-refractivity contribution < 1.29 is 19.1 Å². The van der Waals surface area contributed by atoms with Crippen molar-refractivity contribution in [3.63, 3.8) is 0 Å². The molecular formula is C16H22N2O4. The summed E-state index contributed by atoms with van der Waals surface area (Å²) in [4.78, 5) is 36.4. The maximum absolute atomic E-state index is 12.0. The highest BCUT2D eigenvalue weighted by molar-refractivity contribution is 5.97. The fourth-order valence-electron chi connectivity index (χ4n) is 1.90. The Kier molecular flexibility index (Phi) is 7.08. The van der Waals surface area contributed by atoms with Crippen molar-refractivity contribution in [2.45, 2.75) is 19.8 Å². The molecule has 120 valence electrons. The molecule has 0 saturated heterocycles. The van der Waals surface area contributed by atoms with E-state index in [9.17, 15) is 14.4 Å². The van der Waals surface area contributed by atoms with Crippen LogP contribution in [0.1, 0.15) is 28.8 Å². The van der Waals surface area contributed by atoms with Gasteiger partial charge in [-0.1, -0.05) is 18.2 Å². The van der Waals surface area contributed by atoms with E-state index in [-0.39, 0.29) is 30.7 Å². The average molecular weight is 306 g/mol. The van der Waals surface area contributed by atoms with E-state index >= 15 is 0 Å². The molecule has 0 saturated carbocycles. The maximum Gasteiger partial charge on any atom is 0.305 e. The summed E-state index contributed by atoms with van der Waals surface area (Å²) in [5, 5.41) is 2.61. The molecule has 2 amide bonds. The number of likely N-dealkylation sites (N-methyl/N-ethyl adjacent to an activating group) is 1. The van der Waals surface area contributed by atoms with Gasteiger partial charge in [0.15, 0.2) is 0 Å². The minimum Gasteiger partial charge on any atom is -0.469 e. The van der Waals surface area contributed by atoms with Crippen LogP contribution >= 0.6 is 0 Å². The lowest BCUT2D eigenvalue weighted by atomic mass is 10.1. The molecule has 0 aliphatic rings. The third-order valence-corrected chi connectivity index (χ3v) is 3.32. The Hall–Kier alpha value is -2.37.